The molecule has 0 aliphatic rings. The maximum absolute atomic E-state index is 9.50. The Balaban J connectivity index is 4.19. The van der Waals surface area contributed by atoms with Crippen LogP contribution >= 0.6 is 0 Å². The minimum absolute atomic E-state index is 0.0836. The summed E-state index contributed by atoms with van der Waals surface area (Å²) in [5.41, 5.74) is 0.0836. The highest BCUT2D eigenvalue weighted by Gasteiger charge is 2.26. The molecule has 2 heteroatoms. The zero-order chi connectivity index (χ0) is 12.6. The third kappa shape index (κ3) is 4.42. The second-order valence-electron chi connectivity index (χ2n) is 5.11. The molecular formula is C14H31NO. The molecular weight excluding hydrogens is 198 g/mol. The van der Waals surface area contributed by atoms with Crippen molar-refractivity contribution in [1.29, 1.82) is 0 Å². The SMILES string of the molecule is CCC(CC)C(C)NCC(CC)(CC)CO. The van der Waals surface area contributed by atoms with Crippen molar-refractivity contribution in [2.45, 2.75) is 66.3 Å². The van der Waals surface area contributed by atoms with Crippen LogP contribution in [0.2, 0.25) is 0 Å². The molecule has 0 aromatic rings. The lowest BCUT2D eigenvalue weighted by Gasteiger charge is -2.33. The average Bonchev–Trinajstić information content (AvgIpc) is 2.33. The van der Waals surface area contributed by atoms with Crippen LogP contribution < -0.4 is 5.32 Å². The summed E-state index contributed by atoms with van der Waals surface area (Å²) in [6, 6.07) is 0.555. The van der Waals surface area contributed by atoms with Crippen molar-refractivity contribution in [1.82, 2.24) is 5.32 Å². The van der Waals surface area contributed by atoms with E-state index in [9.17, 15) is 5.11 Å². The van der Waals surface area contributed by atoms with Gasteiger partial charge in [-0.25, -0.2) is 0 Å². The molecule has 16 heavy (non-hydrogen) atoms. The Morgan fingerprint density at radius 3 is 1.88 bits per heavy atom. The molecule has 1 atom stereocenters. The van der Waals surface area contributed by atoms with Crippen molar-refractivity contribution >= 4 is 0 Å². The van der Waals surface area contributed by atoms with Gasteiger partial charge in [0.1, 0.15) is 0 Å². The van der Waals surface area contributed by atoms with Gasteiger partial charge in [-0.05, 0) is 25.7 Å². The third-order valence-electron chi connectivity index (χ3n) is 4.39. The minimum Gasteiger partial charge on any atom is -0.396 e. The maximum atomic E-state index is 9.50. The predicted molar refractivity (Wildman–Crippen MR) is 71.6 cm³/mol. The molecule has 0 aliphatic carbocycles. The summed E-state index contributed by atoms with van der Waals surface area (Å²) in [6.45, 7) is 12.4. The lowest BCUT2D eigenvalue weighted by molar-refractivity contribution is 0.107. The van der Waals surface area contributed by atoms with E-state index in [1.807, 2.05) is 0 Å². The van der Waals surface area contributed by atoms with Crippen LogP contribution in [0.5, 0.6) is 0 Å². The van der Waals surface area contributed by atoms with E-state index in [1.54, 1.807) is 0 Å². The van der Waals surface area contributed by atoms with E-state index in [-0.39, 0.29) is 5.41 Å². The van der Waals surface area contributed by atoms with Crippen LogP contribution in [0, 0.1) is 11.3 Å². The molecule has 0 heterocycles. The van der Waals surface area contributed by atoms with Gasteiger partial charge in [0, 0.05) is 24.6 Å². The molecule has 0 aliphatic heterocycles. The predicted octanol–water partition coefficient (Wildman–Crippen LogP) is 3.20. The Morgan fingerprint density at radius 1 is 1.06 bits per heavy atom. The van der Waals surface area contributed by atoms with Gasteiger partial charge in [-0.15, -0.1) is 0 Å². The molecule has 1 unspecified atom stereocenters. The summed E-state index contributed by atoms with van der Waals surface area (Å²) < 4.78 is 0. The molecule has 0 spiro atoms. The van der Waals surface area contributed by atoms with Crippen molar-refractivity contribution in [3.05, 3.63) is 0 Å². The normalized spacial score (nSPS) is 14.4. The van der Waals surface area contributed by atoms with E-state index in [0.29, 0.717) is 12.6 Å². The molecule has 98 valence electrons. The van der Waals surface area contributed by atoms with Gasteiger partial charge in [-0.2, -0.15) is 0 Å². The first-order valence-electron chi connectivity index (χ1n) is 6.93. The Bertz CT molecular complexity index is 154. The zero-order valence-electron chi connectivity index (χ0n) is 11.8. The number of hydrogen-bond donors (Lipinski definition) is 2. The van der Waals surface area contributed by atoms with E-state index >= 15 is 0 Å². The molecule has 0 aromatic heterocycles. The third-order valence-corrected chi connectivity index (χ3v) is 4.39. The lowest BCUT2D eigenvalue weighted by atomic mass is 9.82. The summed E-state index contributed by atoms with van der Waals surface area (Å²) in [5, 5.41) is 13.1. The van der Waals surface area contributed by atoms with Crippen molar-refractivity contribution in [3.63, 3.8) is 0 Å². The van der Waals surface area contributed by atoms with E-state index in [2.05, 4.69) is 39.9 Å². The first kappa shape index (κ1) is 15.9. The molecule has 2 nitrogen and oxygen atoms in total. The molecule has 0 fully saturated rings. The number of rotatable bonds is 9. The fraction of sp³-hybridized carbons (Fsp3) is 1.00. The molecule has 0 radical (unpaired) electrons. The Hall–Kier alpha value is -0.0800. The number of nitrogens with one attached hydrogen (secondary N) is 1. The number of aliphatic hydroxyl groups is 1. The first-order chi connectivity index (χ1) is 7.59. The van der Waals surface area contributed by atoms with Gasteiger partial charge in [0.25, 0.3) is 0 Å². The van der Waals surface area contributed by atoms with Crippen molar-refractivity contribution in [2.24, 2.45) is 11.3 Å². The molecule has 0 bridgehead atoms. The van der Waals surface area contributed by atoms with Crippen LogP contribution in [0.4, 0.5) is 0 Å². The topological polar surface area (TPSA) is 32.3 Å². The summed E-state index contributed by atoms with van der Waals surface area (Å²) in [5.74, 6) is 0.755. The largest absolute Gasteiger partial charge is 0.396 e. The Morgan fingerprint density at radius 2 is 1.56 bits per heavy atom. The maximum Gasteiger partial charge on any atom is 0.0499 e. The molecule has 0 saturated carbocycles. The van der Waals surface area contributed by atoms with Gasteiger partial charge in [-0.1, -0.05) is 40.5 Å². The number of aliphatic hydroxyl groups excluding tert-OH is 1. The average molecular weight is 229 g/mol. The van der Waals surface area contributed by atoms with Crippen LogP contribution in [0.1, 0.15) is 60.3 Å². The van der Waals surface area contributed by atoms with Gasteiger partial charge < -0.3 is 10.4 Å². The zero-order valence-corrected chi connectivity index (χ0v) is 11.8. The smallest absolute Gasteiger partial charge is 0.0499 e. The minimum atomic E-state index is 0.0836. The highest BCUT2D eigenvalue weighted by molar-refractivity contribution is 4.81. The van der Waals surface area contributed by atoms with Crippen LogP contribution in [0.15, 0.2) is 0 Å². The van der Waals surface area contributed by atoms with Gasteiger partial charge >= 0.3 is 0 Å². The van der Waals surface area contributed by atoms with Crippen LogP contribution in [-0.2, 0) is 0 Å². The summed E-state index contributed by atoms with van der Waals surface area (Å²) in [4.78, 5) is 0. The van der Waals surface area contributed by atoms with Gasteiger partial charge in [-0.3, -0.25) is 0 Å². The molecule has 0 saturated heterocycles. The lowest BCUT2D eigenvalue weighted by Crippen LogP contribution is -2.43. The second kappa shape index (κ2) is 8.08. The van der Waals surface area contributed by atoms with E-state index in [1.165, 1.54) is 12.8 Å². The van der Waals surface area contributed by atoms with Crippen LogP contribution in [0.25, 0.3) is 0 Å². The fourth-order valence-electron chi connectivity index (χ4n) is 2.32. The fourth-order valence-corrected chi connectivity index (χ4v) is 2.32. The monoisotopic (exact) mass is 229 g/mol. The Labute approximate surface area is 102 Å². The van der Waals surface area contributed by atoms with Crippen molar-refractivity contribution in [3.8, 4) is 0 Å². The highest BCUT2D eigenvalue weighted by Crippen LogP contribution is 2.25. The Kier molecular flexibility index (Phi) is 8.04. The van der Waals surface area contributed by atoms with Crippen LogP contribution in [-0.4, -0.2) is 24.3 Å². The summed E-state index contributed by atoms with van der Waals surface area (Å²) in [6.07, 6.45) is 4.55. The van der Waals surface area contributed by atoms with Crippen molar-refractivity contribution in [2.75, 3.05) is 13.2 Å². The van der Waals surface area contributed by atoms with E-state index in [0.717, 1.165) is 25.3 Å². The molecule has 0 aromatic carbocycles. The summed E-state index contributed by atoms with van der Waals surface area (Å²) in [7, 11) is 0. The molecule has 0 rings (SSSR count). The molecule has 2 N–H and O–H groups in total. The van der Waals surface area contributed by atoms with Crippen LogP contribution in [0.3, 0.4) is 0 Å². The number of hydrogen-bond acceptors (Lipinski definition) is 2. The van der Waals surface area contributed by atoms with E-state index in [4.69, 9.17) is 0 Å². The standard InChI is InChI=1S/C14H31NO/c1-6-13(7-2)12(5)15-10-14(8-3,9-4)11-16/h12-13,15-16H,6-11H2,1-5H3. The quantitative estimate of drug-likeness (QED) is 0.636. The second-order valence-corrected chi connectivity index (χ2v) is 5.11. The van der Waals surface area contributed by atoms with Gasteiger partial charge in [0.2, 0.25) is 0 Å². The van der Waals surface area contributed by atoms with Gasteiger partial charge in [0.15, 0.2) is 0 Å². The van der Waals surface area contributed by atoms with Gasteiger partial charge in [0.05, 0.1) is 0 Å². The molecule has 0 amide bonds. The highest BCUT2D eigenvalue weighted by atomic mass is 16.3. The summed E-state index contributed by atoms with van der Waals surface area (Å²) >= 11 is 0. The first-order valence-corrected chi connectivity index (χ1v) is 6.93. The van der Waals surface area contributed by atoms with E-state index < -0.39 is 0 Å². The van der Waals surface area contributed by atoms with Crippen molar-refractivity contribution < 1.29 is 5.11 Å².